The van der Waals surface area contributed by atoms with Crippen LogP contribution in [0.3, 0.4) is 0 Å². The van der Waals surface area contributed by atoms with Crippen LogP contribution in [0.1, 0.15) is 15.9 Å². The van der Waals surface area contributed by atoms with Gasteiger partial charge in [-0.15, -0.1) is 0 Å². The number of Topliss-reactive ketones (excluding diaryl/α,β-unsaturated/α-hetero) is 1. The van der Waals surface area contributed by atoms with Gasteiger partial charge in [-0.25, -0.2) is 0 Å². The van der Waals surface area contributed by atoms with Gasteiger partial charge in [0, 0.05) is 17.1 Å². The average molecular weight is 242 g/mol. The van der Waals surface area contributed by atoms with Gasteiger partial charge >= 0.3 is 0 Å². The first-order valence-corrected chi connectivity index (χ1v) is 6.39. The second-order valence-corrected chi connectivity index (χ2v) is 4.94. The van der Waals surface area contributed by atoms with Gasteiger partial charge in [0.1, 0.15) is 17.1 Å². The van der Waals surface area contributed by atoms with Gasteiger partial charge in [0.15, 0.2) is 5.78 Å². The number of ether oxygens (including phenoxy) is 1. The summed E-state index contributed by atoms with van der Waals surface area (Å²) in [5.41, 5.74) is 0.895. The molecule has 1 unspecified atom stereocenters. The van der Waals surface area contributed by atoms with Crippen molar-refractivity contribution in [3.63, 3.8) is 0 Å². The third-order valence-electron chi connectivity index (χ3n) is 2.06. The molecule has 1 rings (SSSR count). The molecule has 0 aliphatic heterocycles. The zero-order chi connectivity index (χ0) is 12.3. The van der Waals surface area contributed by atoms with E-state index >= 15 is 0 Å². The fraction of sp³-hybridized carbons (Fsp3) is 0.364. The average Bonchev–Trinajstić information content (AvgIpc) is 2.14. The number of aromatic hydroxyl groups is 1. The molecule has 88 valence electrons. The Morgan fingerprint density at radius 2 is 2.12 bits per heavy atom. The first-order chi connectivity index (χ1) is 7.45. The maximum atomic E-state index is 11.7. The maximum absolute atomic E-state index is 11.7. The summed E-state index contributed by atoms with van der Waals surface area (Å²) in [7, 11) is 0.188. The molecule has 0 spiro atoms. The molecule has 16 heavy (non-hydrogen) atoms. The van der Waals surface area contributed by atoms with E-state index in [-0.39, 0.29) is 22.8 Å². The van der Waals surface area contributed by atoms with Crippen molar-refractivity contribution in [2.75, 3.05) is 19.1 Å². The van der Waals surface area contributed by atoms with E-state index in [1.165, 1.54) is 19.4 Å². The standard InChI is InChI=1S/C11H14O4S/c1-7-4-8(12)11(10(5-7)15-2)9(13)6-16(3)14/h4-5,12H,6H2,1-3H3. The Balaban J connectivity index is 3.21. The number of ketones is 1. The predicted octanol–water partition coefficient (Wildman–Crippen LogP) is 1.27. The van der Waals surface area contributed by atoms with Gasteiger partial charge in [0.05, 0.1) is 12.9 Å². The predicted molar refractivity (Wildman–Crippen MR) is 62.7 cm³/mol. The topological polar surface area (TPSA) is 63.6 Å². The molecular formula is C11H14O4S. The second kappa shape index (κ2) is 5.12. The highest BCUT2D eigenvalue weighted by molar-refractivity contribution is 7.85. The van der Waals surface area contributed by atoms with E-state index in [1.54, 1.807) is 13.0 Å². The minimum absolute atomic E-state index is 0.100. The number of carbonyl (C=O) groups excluding carboxylic acids is 1. The summed E-state index contributed by atoms with van der Waals surface area (Å²) in [6, 6.07) is 3.14. The molecule has 1 aromatic carbocycles. The van der Waals surface area contributed by atoms with Crippen molar-refractivity contribution in [2.24, 2.45) is 0 Å². The zero-order valence-electron chi connectivity index (χ0n) is 9.44. The molecule has 1 N–H and O–H groups in total. The molecule has 0 heterocycles. The molecule has 1 atom stereocenters. The third kappa shape index (κ3) is 2.82. The highest BCUT2D eigenvalue weighted by Crippen LogP contribution is 2.29. The van der Waals surface area contributed by atoms with Gasteiger partial charge in [0.25, 0.3) is 0 Å². The number of phenols is 1. The lowest BCUT2D eigenvalue weighted by molar-refractivity contribution is 0.101. The van der Waals surface area contributed by atoms with Crippen molar-refractivity contribution in [1.29, 1.82) is 0 Å². The molecular weight excluding hydrogens is 228 g/mol. The van der Waals surface area contributed by atoms with Crippen molar-refractivity contribution in [3.8, 4) is 11.5 Å². The van der Waals surface area contributed by atoms with Gasteiger partial charge in [-0.3, -0.25) is 9.00 Å². The van der Waals surface area contributed by atoms with E-state index in [0.29, 0.717) is 5.75 Å². The Labute approximate surface area is 96.7 Å². The largest absolute Gasteiger partial charge is 0.507 e. The molecule has 0 fully saturated rings. The van der Waals surface area contributed by atoms with Crippen molar-refractivity contribution < 1.29 is 18.8 Å². The SMILES string of the molecule is COc1cc(C)cc(O)c1C(=O)CS(C)=O. The number of hydrogen-bond donors (Lipinski definition) is 1. The van der Waals surface area contributed by atoms with Gasteiger partial charge < -0.3 is 9.84 Å². The van der Waals surface area contributed by atoms with E-state index in [4.69, 9.17) is 4.74 Å². The highest BCUT2D eigenvalue weighted by atomic mass is 32.2. The smallest absolute Gasteiger partial charge is 0.182 e. The Morgan fingerprint density at radius 3 is 2.62 bits per heavy atom. The zero-order valence-corrected chi connectivity index (χ0v) is 10.3. The molecule has 0 bridgehead atoms. The first kappa shape index (κ1) is 12.7. The number of aryl methyl sites for hydroxylation is 1. The van der Waals surface area contributed by atoms with Crippen molar-refractivity contribution in [2.45, 2.75) is 6.92 Å². The van der Waals surface area contributed by atoms with Gasteiger partial charge in [-0.2, -0.15) is 0 Å². The number of phenolic OH excluding ortho intramolecular Hbond substituents is 1. The van der Waals surface area contributed by atoms with Crippen LogP contribution in [0.4, 0.5) is 0 Å². The molecule has 0 aromatic heterocycles. The molecule has 0 radical (unpaired) electrons. The van der Waals surface area contributed by atoms with Crippen molar-refractivity contribution in [3.05, 3.63) is 23.3 Å². The lowest BCUT2D eigenvalue weighted by Gasteiger charge is -2.10. The van der Waals surface area contributed by atoms with Gasteiger partial charge in [-0.1, -0.05) is 0 Å². The summed E-state index contributed by atoms with van der Waals surface area (Å²) in [6.07, 6.45) is 1.44. The second-order valence-electron chi connectivity index (χ2n) is 3.50. The minimum atomic E-state index is -1.24. The molecule has 4 nitrogen and oxygen atoms in total. The van der Waals surface area contributed by atoms with Crippen molar-refractivity contribution >= 4 is 16.6 Å². The van der Waals surface area contributed by atoms with E-state index in [9.17, 15) is 14.1 Å². The molecule has 5 heteroatoms. The summed E-state index contributed by atoms with van der Waals surface area (Å²) < 4.78 is 16.0. The Hall–Kier alpha value is -1.36. The summed E-state index contributed by atoms with van der Waals surface area (Å²) in [4.78, 5) is 11.7. The van der Waals surface area contributed by atoms with Crippen LogP contribution < -0.4 is 4.74 Å². The van der Waals surface area contributed by atoms with Crippen molar-refractivity contribution in [1.82, 2.24) is 0 Å². The van der Waals surface area contributed by atoms with Crippen LogP contribution in [0.25, 0.3) is 0 Å². The summed E-state index contributed by atoms with van der Waals surface area (Å²) >= 11 is 0. The van der Waals surface area contributed by atoms with Crippen LogP contribution in [0, 0.1) is 6.92 Å². The minimum Gasteiger partial charge on any atom is -0.507 e. The number of carbonyl (C=O) groups is 1. The first-order valence-electron chi connectivity index (χ1n) is 4.66. The lowest BCUT2D eigenvalue weighted by atomic mass is 10.1. The number of rotatable bonds is 4. The van der Waals surface area contributed by atoms with E-state index in [0.717, 1.165) is 5.56 Å². The molecule has 0 aliphatic rings. The maximum Gasteiger partial charge on any atom is 0.182 e. The fourth-order valence-electron chi connectivity index (χ4n) is 1.43. The normalized spacial score (nSPS) is 12.2. The van der Waals surface area contributed by atoms with Crippen LogP contribution >= 0.6 is 0 Å². The number of benzene rings is 1. The fourth-order valence-corrected chi connectivity index (χ4v) is 1.95. The van der Waals surface area contributed by atoms with E-state index in [1.807, 2.05) is 0 Å². The Morgan fingerprint density at radius 1 is 1.50 bits per heavy atom. The van der Waals surface area contributed by atoms with Crippen LogP contribution in [0.5, 0.6) is 11.5 Å². The highest BCUT2D eigenvalue weighted by Gasteiger charge is 2.18. The molecule has 0 saturated carbocycles. The molecule has 0 amide bonds. The monoisotopic (exact) mass is 242 g/mol. The number of hydrogen-bond acceptors (Lipinski definition) is 4. The summed E-state index contributed by atoms with van der Waals surface area (Å²) in [5.74, 6) is -0.317. The molecule has 0 saturated heterocycles. The van der Waals surface area contributed by atoms with Gasteiger partial charge in [-0.05, 0) is 24.6 Å². The Bertz CT molecular complexity index is 440. The van der Waals surface area contributed by atoms with Crippen LogP contribution in [-0.2, 0) is 10.8 Å². The van der Waals surface area contributed by atoms with Crippen LogP contribution in [-0.4, -0.2) is 34.2 Å². The van der Waals surface area contributed by atoms with E-state index < -0.39 is 10.8 Å². The van der Waals surface area contributed by atoms with E-state index in [2.05, 4.69) is 0 Å². The number of methoxy groups -OCH3 is 1. The van der Waals surface area contributed by atoms with Gasteiger partial charge in [0.2, 0.25) is 0 Å². The quantitative estimate of drug-likeness (QED) is 0.808. The third-order valence-corrected chi connectivity index (χ3v) is 2.73. The molecule has 1 aromatic rings. The Kier molecular flexibility index (Phi) is 4.06. The van der Waals surface area contributed by atoms with Crippen LogP contribution in [0.2, 0.25) is 0 Å². The lowest BCUT2D eigenvalue weighted by Crippen LogP contribution is -2.11. The molecule has 0 aliphatic carbocycles. The summed E-state index contributed by atoms with van der Waals surface area (Å²) in [6.45, 7) is 1.79. The van der Waals surface area contributed by atoms with Crippen LogP contribution in [0.15, 0.2) is 12.1 Å². The summed E-state index contributed by atoms with van der Waals surface area (Å²) in [5, 5.41) is 9.69.